The van der Waals surface area contributed by atoms with Crippen LogP contribution in [0.5, 0.6) is 0 Å². The number of rotatable bonds is 2. The Morgan fingerprint density at radius 3 is 2.78 bits per heavy atom. The molecular weight excluding hydrogens is 220 g/mol. The van der Waals surface area contributed by atoms with Gasteiger partial charge < -0.3 is 0 Å². The van der Waals surface area contributed by atoms with Gasteiger partial charge in [0.15, 0.2) is 0 Å². The van der Waals surface area contributed by atoms with Gasteiger partial charge >= 0.3 is 0 Å². The Morgan fingerprint density at radius 1 is 1.06 bits per heavy atom. The number of nitrogens with zero attached hydrogens (tertiary/aromatic N) is 2. The lowest BCUT2D eigenvalue weighted by Crippen LogP contribution is -2.02. The first-order chi connectivity index (χ1) is 8.93. The van der Waals surface area contributed by atoms with Gasteiger partial charge in [-0.2, -0.15) is 10.2 Å². The molecule has 1 aromatic heterocycles. The number of hydrogen-bond donors (Lipinski definition) is 0. The van der Waals surface area contributed by atoms with Gasteiger partial charge in [-0.15, -0.1) is 0 Å². The first-order valence-corrected chi connectivity index (χ1v) is 6.82. The molecule has 2 aromatic rings. The summed E-state index contributed by atoms with van der Waals surface area (Å²) in [6, 6.07) is 8.30. The van der Waals surface area contributed by atoms with Crippen molar-refractivity contribution in [2.45, 2.75) is 32.1 Å². The minimum absolute atomic E-state index is 0.736. The molecule has 1 heterocycles. The van der Waals surface area contributed by atoms with Crippen molar-refractivity contribution in [2.75, 3.05) is 0 Å². The van der Waals surface area contributed by atoms with E-state index in [1.54, 1.807) is 0 Å². The van der Waals surface area contributed by atoms with Gasteiger partial charge in [-0.1, -0.05) is 49.6 Å². The molecule has 0 saturated heterocycles. The lowest BCUT2D eigenvalue weighted by Gasteiger charge is -2.17. The minimum Gasteiger partial charge on any atom is -0.158 e. The van der Waals surface area contributed by atoms with Gasteiger partial charge in [-0.3, -0.25) is 0 Å². The van der Waals surface area contributed by atoms with Crippen LogP contribution in [0.1, 0.15) is 37.8 Å². The summed E-state index contributed by atoms with van der Waals surface area (Å²) in [5, 5.41) is 10.7. The number of aromatic nitrogens is 2. The molecule has 1 saturated carbocycles. The van der Waals surface area contributed by atoms with Crippen LogP contribution in [-0.2, 0) is 0 Å². The molecule has 0 aliphatic heterocycles. The summed E-state index contributed by atoms with van der Waals surface area (Å²) in [5.41, 5.74) is 0.999. The smallest absolute Gasteiger partial charge is 0.0932 e. The average molecular weight is 238 g/mol. The van der Waals surface area contributed by atoms with Crippen molar-refractivity contribution in [3.05, 3.63) is 42.2 Å². The SMILES string of the molecule is C(=CC1CCCCC1)c1nncc2ccccc12. The fourth-order valence-electron chi connectivity index (χ4n) is 2.73. The van der Waals surface area contributed by atoms with Crippen LogP contribution in [-0.4, -0.2) is 10.2 Å². The number of benzene rings is 1. The lowest BCUT2D eigenvalue weighted by atomic mass is 9.89. The van der Waals surface area contributed by atoms with Crippen LogP contribution >= 0.6 is 0 Å². The molecule has 0 amide bonds. The van der Waals surface area contributed by atoms with E-state index < -0.39 is 0 Å². The maximum Gasteiger partial charge on any atom is 0.0932 e. The molecule has 18 heavy (non-hydrogen) atoms. The van der Waals surface area contributed by atoms with Gasteiger partial charge in [-0.05, 0) is 24.8 Å². The third-order valence-electron chi connectivity index (χ3n) is 3.78. The number of allylic oxidation sites excluding steroid dienone is 1. The zero-order chi connectivity index (χ0) is 12.2. The Hall–Kier alpha value is -1.70. The van der Waals surface area contributed by atoms with Crippen LogP contribution in [0, 0.1) is 5.92 Å². The highest BCUT2D eigenvalue weighted by Gasteiger charge is 2.10. The van der Waals surface area contributed by atoms with Gasteiger partial charge in [0.25, 0.3) is 0 Å². The molecule has 0 unspecified atom stereocenters. The normalized spacial score (nSPS) is 17.6. The Balaban J connectivity index is 1.87. The number of fused-ring (bicyclic) bond motifs is 1. The van der Waals surface area contributed by atoms with Crippen LogP contribution in [0.4, 0.5) is 0 Å². The van der Waals surface area contributed by atoms with Crippen LogP contribution in [0.2, 0.25) is 0 Å². The van der Waals surface area contributed by atoms with Crippen LogP contribution in [0.25, 0.3) is 16.8 Å². The van der Waals surface area contributed by atoms with Crippen LogP contribution < -0.4 is 0 Å². The quantitative estimate of drug-likeness (QED) is 0.782. The van der Waals surface area contributed by atoms with E-state index in [9.17, 15) is 0 Å². The van der Waals surface area contributed by atoms with Gasteiger partial charge in [0.1, 0.15) is 0 Å². The first kappa shape index (κ1) is 11.4. The van der Waals surface area contributed by atoms with E-state index in [0.717, 1.165) is 17.0 Å². The van der Waals surface area contributed by atoms with E-state index >= 15 is 0 Å². The van der Waals surface area contributed by atoms with Crippen LogP contribution in [0.3, 0.4) is 0 Å². The van der Waals surface area contributed by atoms with Crippen molar-refractivity contribution >= 4 is 16.8 Å². The Labute approximate surface area is 108 Å². The monoisotopic (exact) mass is 238 g/mol. The summed E-state index contributed by atoms with van der Waals surface area (Å²) < 4.78 is 0. The molecule has 0 radical (unpaired) electrons. The lowest BCUT2D eigenvalue weighted by molar-refractivity contribution is 0.420. The molecule has 0 atom stereocenters. The number of hydrogen-bond acceptors (Lipinski definition) is 2. The summed E-state index contributed by atoms with van der Waals surface area (Å²) in [5.74, 6) is 0.736. The molecule has 1 aliphatic rings. The molecular formula is C16H18N2. The molecule has 2 heteroatoms. The second kappa shape index (κ2) is 5.30. The molecule has 2 nitrogen and oxygen atoms in total. The zero-order valence-electron chi connectivity index (χ0n) is 10.5. The maximum absolute atomic E-state index is 4.25. The van der Waals surface area contributed by atoms with Gasteiger partial charge in [0.2, 0.25) is 0 Å². The van der Waals surface area contributed by atoms with Crippen molar-refractivity contribution in [2.24, 2.45) is 5.92 Å². The summed E-state index contributed by atoms with van der Waals surface area (Å²) in [6.07, 6.45) is 13.1. The van der Waals surface area contributed by atoms with Gasteiger partial charge in [-0.25, -0.2) is 0 Å². The fraction of sp³-hybridized carbons (Fsp3) is 0.375. The van der Waals surface area contributed by atoms with E-state index in [1.165, 1.54) is 37.5 Å². The molecule has 1 aliphatic carbocycles. The van der Waals surface area contributed by atoms with Gasteiger partial charge in [0.05, 0.1) is 11.9 Å². The maximum atomic E-state index is 4.25. The molecule has 0 N–H and O–H groups in total. The summed E-state index contributed by atoms with van der Waals surface area (Å²) >= 11 is 0. The summed E-state index contributed by atoms with van der Waals surface area (Å²) in [6.45, 7) is 0. The Morgan fingerprint density at radius 2 is 1.89 bits per heavy atom. The second-order valence-corrected chi connectivity index (χ2v) is 5.07. The first-order valence-electron chi connectivity index (χ1n) is 6.82. The van der Waals surface area contributed by atoms with Crippen molar-refractivity contribution < 1.29 is 0 Å². The highest BCUT2D eigenvalue weighted by atomic mass is 15.1. The molecule has 0 spiro atoms. The third-order valence-corrected chi connectivity index (χ3v) is 3.78. The zero-order valence-corrected chi connectivity index (χ0v) is 10.5. The summed E-state index contributed by atoms with van der Waals surface area (Å²) in [7, 11) is 0. The van der Waals surface area contributed by atoms with Crippen molar-refractivity contribution in [3.8, 4) is 0 Å². The molecule has 0 bridgehead atoms. The van der Waals surface area contributed by atoms with E-state index in [0.29, 0.717) is 0 Å². The predicted molar refractivity (Wildman–Crippen MR) is 75.1 cm³/mol. The largest absolute Gasteiger partial charge is 0.158 e. The third kappa shape index (κ3) is 2.42. The Kier molecular flexibility index (Phi) is 3.35. The van der Waals surface area contributed by atoms with Crippen molar-refractivity contribution in [1.29, 1.82) is 0 Å². The van der Waals surface area contributed by atoms with E-state index in [1.807, 2.05) is 12.3 Å². The van der Waals surface area contributed by atoms with Gasteiger partial charge in [0, 0.05) is 10.8 Å². The molecule has 1 fully saturated rings. The van der Waals surface area contributed by atoms with E-state index in [2.05, 4.69) is 40.5 Å². The standard InChI is InChI=1S/C16H18N2/c1-2-6-13(7-3-1)10-11-16-15-9-5-4-8-14(15)12-17-18-16/h4-5,8-13H,1-3,6-7H2. The van der Waals surface area contributed by atoms with E-state index in [-0.39, 0.29) is 0 Å². The average Bonchev–Trinajstić information content (AvgIpc) is 2.46. The summed E-state index contributed by atoms with van der Waals surface area (Å²) in [4.78, 5) is 0. The highest BCUT2D eigenvalue weighted by molar-refractivity contribution is 5.87. The van der Waals surface area contributed by atoms with Crippen LogP contribution in [0.15, 0.2) is 36.5 Å². The van der Waals surface area contributed by atoms with Crippen molar-refractivity contribution in [3.63, 3.8) is 0 Å². The van der Waals surface area contributed by atoms with E-state index in [4.69, 9.17) is 0 Å². The Bertz CT molecular complexity index is 549. The molecule has 1 aromatic carbocycles. The minimum atomic E-state index is 0.736. The molecule has 3 rings (SSSR count). The predicted octanol–water partition coefficient (Wildman–Crippen LogP) is 4.22. The molecule has 92 valence electrons. The topological polar surface area (TPSA) is 25.8 Å². The fourth-order valence-corrected chi connectivity index (χ4v) is 2.73. The highest BCUT2D eigenvalue weighted by Crippen LogP contribution is 2.26. The second-order valence-electron chi connectivity index (χ2n) is 5.07. The van der Waals surface area contributed by atoms with Crippen molar-refractivity contribution in [1.82, 2.24) is 10.2 Å².